The Bertz CT molecular complexity index is 852. The van der Waals surface area contributed by atoms with Gasteiger partial charge in [-0.05, 0) is 36.4 Å². The van der Waals surface area contributed by atoms with E-state index in [1.807, 2.05) is 30.3 Å². The molecule has 0 radical (unpaired) electrons. The third-order valence-corrected chi connectivity index (χ3v) is 4.66. The summed E-state index contributed by atoms with van der Waals surface area (Å²) in [5, 5.41) is 5.39. The van der Waals surface area contributed by atoms with Crippen molar-refractivity contribution in [3.05, 3.63) is 54.6 Å². The van der Waals surface area contributed by atoms with Gasteiger partial charge in [-0.3, -0.25) is 9.59 Å². The molecule has 9 heteroatoms. The lowest BCUT2D eigenvalue weighted by Crippen LogP contribution is -2.43. The summed E-state index contributed by atoms with van der Waals surface area (Å²) < 4.78 is 30.9. The Morgan fingerprint density at radius 2 is 1.58 bits per heavy atom. The molecule has 0 saturated carbocycles. The lowest BCUT2D eigenvalue weighted by molar-refractivity contribution is -0.138. The molecule has 0 atom stereocenters. The van der Waals surface area contributed by atoms with Crippen molar-refractivity contribution in [1.29, 1.82) is 0 Å². The number of hydrogen-bond acceptors (Lipinski definition) is 6. The summed E-state index contributed by atoms with van der Waals surface area (Å²) in [5.74, 6) is -1.81. The average molecular weight is 377 g/mol. The van der Waals surface area contributed by atoms with Gasteiger partial charge in [0.2, 0.25) is 0 Å². The minimum atomic E-state index is -4.13. The zero-order valence-corrected chi connectivity index (χ0v) is 14.9. The van der Waals surface area contributed by atoms with E-state index in [2.05, 4.69) is 10.6 Å². The van der Waals surface area contributed by atoms with Crippen LogP contribution in [0.4, 0.5) is 5.69 Å². The highest BCUT2D eigenvalue weighted by atomic mass is 32.2. The number of ether oxygens (including phenoxy) is 1. The molecule has 0 heterocycles. The fourth-order valence-electron chi connectivity index (χ4n) is 2.00. The Labute approximate surface area is 151 Å². The number of nitrogens with one attached hydrogen (secondary N) is 3. The van der Waals surface area contributed by atoms with Gasteiger partial charge in [0.05, 0.1) is 12.0 Å². The van der Waals surface area contributed by atoms with Crippen LogP contribution < -0.4 is 20.1 Å². The van der Waals surface area contributed by atoms with Crippen molar-refractivity contribution in [2.75, 3.05) is 25.5 Å². The van der Waals surface area contributed by atoms with Crippen LogP contribution in [0.3, 0.4) is 0 Å². The van der Waals surface area contributed by atoms with Gasteiger partial charge in [0.15, 0.2) is 0 Å². The van der Waals surface area contributed by atoms with Gasteiger partial charge in [-0.2, -0.15) is 0 Å². The number of hydrogen-bond donors (Lipinski definition) is 3. The van der Waals surface area contributed by atoms with E-state index in [0.717, 1.165) is 5.69 Å². The molecule has 138 valence electrons. The smallest absolute Gasteiger partial charge is 0.322 e. The molecule has 0 aromatic heterocycles. The molecular formula is C17H19N3O5S. The fourth-order valence-corrected chi connectivity index (χ4v) is 2.95. The number of amides is 2. The van der Waals surface area contributed by atoms with Crippen LogP contribution in [0.25, 0.3) is 0 Å². The topological polar surface area (TPSA) is 114 Å². The molecule has 2 aromatic carbocycles. The van der Waals surface area contributed by atoms with E-state index in [0.29, 0.717) is 12.3 Å². The van der Waals surface area contributed by atoms with E-state index in [1.165, 1.54) is 31.4 Å². The van der Waals surface area contributed by atoms with Crippen molar-refractivity contribution >= 4 is 27.5 Å². The van der Waals surface area contributed by atoms with Crippen LogP contribution >= 0.6 is 0 Å². The lowest BCUT2D eigenvalue weighted by atomic mass is 10.3. The number of carbonyl (C=O) groups is 2. The molecule has 8 nitrogen and oxygen atoms in total. The number of methoxy groups -OCH3 is 1. The molecule has 2 rings (SSSR count). The Kier molecular flexibility index (Phi) is 6.56. The largest absolute Gasteiger partial charge is 0.497 e. The van der Waals surface area contributed by atoms with Gasteiger partial charge in [-0.15, -0.1) is 0 Å². The van der Waals surface area contributed by atoms with Gasteiger partial charge >= 0.3 is 11.8 Å². The Morgan fingerprint density at radius 3 is 2.19 bits per heavy atom. The average Bonchev–Trinajstić information content (AvgIpc) is 2.65. The van der Waals surface area contributed by atoms with Gasteiger partial charge in [0, 0.05) is 18.8 Å². The van der Waals surface area contributed by atoms with Gasteiger partial charge < -0.3 is 15.4 Å². The van der Waals surface area contributed by atoms with Crippen LogP contribution in [0.1, 0.15) is 0 Å². The highest BCUT2D eigenvalue weighted by Crippen LogP contribution is 2.15. The molecule has 2 amide bonds. The maximum Gasteiger partial charge on any atom is 0.322 e. The highest BCUT2D eigenvalue weighted by Gasteiger charge is 2.22. The van der Waals surface area contributed by atoms with Crippen molar-refractivity contribution in [2.45, 2.75) is 4.90 Å². The summed E-state index contributed by atoms with van der Waals surface area (Å²) in [6.45, 7) is 0.540. The van der Waals surface area contributed by atoms with Gasteiger partial charge in [-0.1, -0.05) is 18.2 Å². The van der Waals surface area contributed by atoms with E-state index >= 15 is 0 Å². The minimum Gasteiger partial charge on any atom is -0.497 e. The van der Waals surface area contributed by atoms with E-state index in [1.54, 1.807) is 4.72 Å². The molecule has 26 heavy (non-hydrogen) atoms. The molecule has 3 N–H and O–H groups in total. The highest BCUT2D eigenvalue weighted by molar-refractivity contribution is 7.90. The minimum absolute atomic E-state index is 0.148. The number of para-hydroxylation sites is 1. The molecule has 0 aliphatic heterocycles. The van der Waals surface area contributed by atoms with Crippen LogP contribution in [-0.4, -0.2) is 40.4 Å². The first-order valence-corrected chi connectivity index (χ1v) is 9.18. The molecule has 0 aliphatic carbocycles. The lowest BCUT2D eigenvalue weighted by Gasteiger charge is -2.09. The van der Waals surface area contributed by atoms with Gasteiger partial charge in [-0.25, -0.2) is 13.1 Å². The molecule has 0 unspecified atom stereocenters. The molecule has 0 aliphatic rings. The van der Waals surface area contributed by atoms with Crippen molar-refractivity contribution in [3.63, 3.8) is 0 Å². The summed E-state index contributed by atoms with van der Waals surface area (Å²) in [6, 6.07) is 14.7. The molecule has 2 aromatic rings. The molecule has 0 spiro atoms. The summed E-state index contributed by atoms with van der Waals surface area (Å²) in [5.41, 5.74) is 0.869. The van der Waals surface area contributed by atoms with E-state index in [4.69, 9.17) is 4.74 Å². The number of anilines is 1. The molecule has 0 saturated heterocycles. The van der Waals surface area contributed by atoms with Crippen molar-refractivity contribution in [1.82, 2.24) is 10.0 Å². The van der Waals surface area contributed by atoms with Crippen LogP contribution in [0.2, 0.25) is 0 Å². The second kappa shape index (κ2) is 8.86. The Balaban J connectivity index is 1.82. The maximum atomic E-state index is 12.1. The summed E-state index contributed by atoms with van der Waals surface area (Å²) in [7, 11) is -2.69. The van der Waals surface area contributed by atoms with Gasteiger partial charge in [0.1, 0.15) is 5.75 Å². The van der Waals surface area contributed by atoms with Gasteiger partial charge in [0.25, 0.3) is 10.0 Å². The second-order valence-electron chi connectivity index (χ2n) is 5.16. The van der Waals surface area contributed by atoms with Crippen LogP contribution in [0.5, 0.6) is 5.75 Å². The maximum absolute atomic E-state index is 12.1. The SMILES string of the molecule is COc1ccc(S(=O)(=O)NC(=O)C(=O)NCCNc2ccccc2)cc1. The molecule has 0 bridgehead atoms. The quantitative estimate of drug-likeness (QED) is 0.484. The summed E-state index contributed by atoms with van der Waals surface area (Å²) in [4.78, 5) is 23.4. The summed E-state index contributed by atoms with van der Waals surface area (Å²) >= 11 is 0. The molecule has 0 fully saturated rings. The van der Waals surface area contributed by atoms with Crippen LogP contribution in [-0.2, 0) is 19.6 Å². The second-order valence-corrected chi connectivity index (χ2v) is 6.84. The van der Waals surface area contributed by atoms with Crippen LogP contribution in [0.15, 0.2) is 59.5 Å². The molecular weight excluding hydrogens is 358 g/mol. The predicted molar refractivity (Wildman–Crippen MR) is 96.3 cm³/mol. The number of sulfonamides is 1. The first kappa shape index (κ1) is 19.3. The predicted octanol–water partition coefficient (Wildman–Crippen LogP) is 0.728. The Morgan fingerprint density at radius 1 is 0.923 bits per heavy atom. The number of benzene rings is 2. The third-order valence-electron chi connectivity index (χ3n) is 3.32. The number of rotatable bonds is 7. The first-order valence-electron chi connectivity index (χ1n) is 7.70. The van der Waals surface area contributed by atoms with E-state index < -0.39 is 21.8 Å². The standard InChI is InChI=1S/C17H19N3O5S/c1-25-14-7-9-15(10-8-14)26(23,24)20-17(22)16(21)19-12-11-18-13-5-3-2-4-6-13/h2-10,18H,11-12H2,1H3,(H,19,21)(H,20,22). The van der Waals surface area contributed by atoms with E-state index in [-0.39, 0.29) is 11.4 Å². The van der Waals surface area contributed by atoms with Crippen LogP contribution in [0, 0.1) is 0 Å². The number of carbonyl (C=O) groups excluding carboxylic acids is 2. The Hall–Kier alpha value is -3.07. The fraction of sp³-hybridized carbons (Fsp3) is 0.176. The zero-order valence-electron chi connectivity index (χ0n) is 14.1. The first-order chi connectivity index (χ1) is 12.4. The van der Waals surface area contributed by atoms with E-state index in [9.17, 15) is 18.0 Å². The van der Waals surface area contributed by atoms with Crippen molar-refractivity contribution in [3.8, 4) is 5.75 Å². The monoisotopic (exact) mass is 377 g/mol. The van der Waals surface area contributed by atoms with Crippen molar-refractivity contribution < 1.29 is 22.7 Å². The third kappa shape index (κ3) is 5.49. The normalized spacial score (nSPS) is 10.7. The summed E-state index contributed by atoms with van der Waals surface area (Å²) in [6.07, 6.45) is 0. The van der Waals surface area contributed by atoms with Crippen molar-refractivity contribution in [2.24, 2.45) is 0 Å². The zero-order chi connectivity index (χ0) is 19.0.